The van der Waals surface area contributed by atoms with E-state index in [1.807, 2.05) is 41.1 Å². The van der Waals surface area contributed by atoms with Crippen molar-refractivity contribution in [3.05, 3.63) is 41.1 Å². The molecular weight excluding hydrogens is 262 g/mol. The van der Waals surface area contributed by atoms with E-state index < -0.39 is 12.0 Å². The van der Waals surface area contributed by atoms with Gasteiger partial charge in [-0.3, -0.25) is 4.79 Å². The van der Waals surface area contributed by atoms with Gasteiger partial charge in [0.1, 0.15) is 11.8 Å². The van der Waals surface area contributed by atoms with Gasteiger partial charge in [0.05, 0.1) is 6.61 Å². The monoisotopic (exact) mass is 275 g/mol. The normalized spacial score (nSPS) is 12.1. The summed E-state index contributed by atoms with van der Waals surface area (Å²) in [6, 6.07) is 8.23. The highest BCUT2D eigenvalue weighted by molar-refractivity contribution is 7.08. The van der Waals surface area contributed by atoms with E-state index in [-0.39, 0.29) is 13.0 Å². The maximum atomic E-state index is 10.4. The van der Waals surface area contributed by atoms with Gasteiger partial charge in [0.15, 0.2) is 0 Å². The summed E-state index contributed by atoms with van der Waals surface area (Å²) in [5.41, 5.74) is 11.3. The zero-order chi connectivity index (χ0) is 13.7. The average Bonchev–Trinajstić information content (AvgIpc) is 2.93. The third kappa shape index (κ3) is 3.81. The van der Waals surface area contributed by atoms with E-state index in [2.05, 4.69) is 0 Å². The molecule has 98 valence electrons. The number of benzene rings is 1. The topological polar surface area (TPSA) is 68.8 Å². The van der Waals surface area contributed by atoms with Gasteiger partial charge in [0.25, 0.3) is 0 Å². The SMILES string of the molecule is [N]C(CCOc1cccc(-c2ccsc2)c1)C(=O)O. The van der Waals surface area contributed by atoms with Crippen molar-refractivity contribution in [1.82, 2.24) is 5.73 Å². The summed E-state index contributed by atoms with van der Waals surface area (Å²) in [7, 11) is 0. The lowest BCUT2D eigenvalue weighted by Gasteiger charge is -2.08. The van der Waals surface area contributed by atoms with Crippen molar-refractivity contribution in [2.45, 2.75) is 12.5 Å². The van der Waals surface area contributed by atoms with Gasteiger partial charge in [-0.2, -0.15) is 11.3 Å². The molecule has 0 aliphatic heterocycles. The Morgan fingerprint density at radius 3 is 2.89 bits per heavy atom. The van der Waals surface area contributed by atoms with E-state index in [0.29, 0.717) is 5.75 Å². The fourth-order valence-electron chi connectivity index (χ4n) is 1.61. The molecule has 0 saturated heterocycles. The Balaban J connectivity index is 1.95. The highest BCUT2D eigenvalue weighted by Crippen LogP contribution is 2.25. The minimum Gasteiger partial charge on any atom is -0.493 e. The van der Waals surface area contributed by atoms with Crippen molar-refractivity contribution in [3.63, 3.8) is 0 Å². The molecular formula is C14H13NO3S. The zero-order valence-corrected chi connectivity index (χ0v) is 11.0. The van der Waals surface area contributed by atoms with Gasteiger partial charge in [-0.15, -0.1) is 5.73 Å². The number of carboxylic acid groups (broad SMARTS) is 1. The van der Waals surface area contributed by atoms with Crippen molar-refractivity contribution in [3.8, 4) is 16.9 Å². The molecule has 0 aliphatic rings. The van der Waals surface area contributed by atoms with Crippen LogP contribution in [-0.4, -0.2) is 23.7 Å². The Morgan fingerprint density at radius 2 is 2.21 bits per heavy atom. The quantitative estimate of drug-likeness (QED) is 0.881. The molecule has 1 heterocycles. The number of thiophene rings is 1. The first-order chi connectivity index (χ1) is 9.16. The largest absolute Gasteiger partial charge is 0.493 e. The first-order valence-electron chi connectivity index (χ1n) is 5.83. The Bertz CT molecular complexity index is 539. The van der Waals surface area contributed by atoms with Gasteiger partial charge >= 0.3 is 5.97 Å². The maximum Gasteiger partial charge on any atom is 0.324 e. The molecule has 1 atom stereocenters. The van der Waals surface area contributed by atoms with Crippen molar-refractivity contribution in [2.75, 3.05) is 6.61 Å². The van der Waals surface area contributed by atoms with Crippen LogP contribution in [0.5, 0.6) is 5.75 Å². The van der Waals surface area contributed by atoms with Crippen LogP contribution >= 0.6 is 11.3 Å². The van der Waals surface area contributed by atoms with Crippen molar-refractivity contribution >= 4 is 17.3 Å². The molecule has 2 radical (unpaired) electrons. The number of rotatable bonds is 6. The van der Waals surface area contributed by atoms with E-state index in [4.69, 9.17) is 15.6 Å². The van der Waals surface area contributed by atoms with Crippen LogP contribution in [0, 0.1) is 0 Å². The summed E-state index contributed by atoms with van der Waals surface area (Å²) < 4.78 is 5.45. The van der Waals surface area contributed by atoms with Gasteiger partial charge in [-0.1, -0.05) is 12.1 Å². The third-order valence-electron chi connectivity index (χ3n) is 2.63. The minimum atomic E-state index is -1.37. The second-order valence-electron chi connectivity index (χ2n) is 4.03. The van der Waals surface area contributed by atoms with Gasteiger partial charge in [0.2, 0.25) is 0 Å². The van der Waals surface area contributed by atoms with Crippen LogP contribution in [0.1, 0.15) is 6.42 Å². The number of carbonyl (C=O) groups is 1. The molecule has 1 aromatic carbocycles. The molecule has 1 aromatic heterocycles. The zero-order valence-electron chi connectivity index (χ0n) is 10.2. The van der Waals surface area contributed by atoms with E-state index in [9.17, 15) is 4.79 Å². The molecule has 0 aliphatic carbocycles. The smallest absolute Gasteiger partial charge is 0.324 e. The predicted octanol–water partition coefficient (Wildman–Crippen LogP) is 2.71. The molecule has 1 N–H and O–H groups in total. The summed E-state index contributed by atoms with van der Waals surface area (Å²) >= 11 is 1.63. The van der Waals surface area contributed by atoms with Crippen LogP contribution < -0.4 is 10.5 Å². The van der Waals surface area contributed by atoms with E-state index in [1.165, 1.54) is 0 Å². The molecule has 0 bridgehead atoms. The summed E-state index contributed by atoms with van der Waals surface area (Å²) in [5, 5.41) is 12.6. The molecule has 5 heteroatoms. The third-order valence-corrected chi connectivity index (χ3v) is 3.32. The Labute approximate surface area is 115 Å². The number of hydrogen-bond acceptors (Lipinski definition) is 3. The van der Waals surface area contributed by atoms with E-state index in [0.717, 1.165) is 11.1 Å². The van der Waals surface area contributed by atoms with Crippen molar-refractivity contribution < 1.29 is 14.6 Å². The molecule has 2 aromatic rings. The predicted molar refractivity (Wildman–Crippen MR) is 73.4 cm³/mol. The Kier molecular flexibility index (Phi) is 4.54. The number of carboxylic acids is 1. The minimum absolute atomic E-state index is 0.0675. The number of aliphatic carboxylic acids is 1. The Morgan fingerprint density at radius 1 is 1.37 bits per heavy atom. The molecule has 0 saturated carbocycles. The summed E-state index contributed by atoms with van der Waals surface area (Å²) in [5.74, 6) is -0.558. The summed E-state index contributed by atoms with van der Waals surface area (Å²) in [4.78, 5) is 10.4. The van der Waals surface area contributed by atoms with E-state index in [1.54, 1.807) is 11.3 Å². The van der Waals surface area contributed by atoms with Crippen molar-refractivity contribution in [1.29, 1.82) is 0 Å². The lowest BCUT2D eigenvalue weighted by atomic mass is 10.1. The standard InChI is InChI=1S/C14H13NO3S/c15-13(14(16)17)4-6-18-12-3-1-2-10(8-12)11-5-7-19-9-11/h1-3,5,7-9,13H,4,6H2,(H,16,17). The summed E-state index contributed by atoms with van der Waals surface area (Å²) in [6.07, 6.45) is 0.0675. The first kappa shape index (κ1) is 13.6. The fourth-order valence-corrected chi connectivity index (χ4v) is 2.27. The second-order valence-corrected chi connectivity index (χ2v) is 4.81. The molecule has 0 amide bonds. The van der Waals surface area contributed by atoms with Crippen LogP contribution in [0.15, 0.2) is 41.1 Å². The fraction of sp³-hybridized carbons (Fsp3) is 0.214. The molecule has 0 spiro atoms. The lowest BCUT2D eigenvalue weighted by Crippen LogP contribution is -2.23. The van der Waals surface area contributed by atoms with Crippen LogP contribution in [-0.2, 0) is 4.79 Å². The van der Waals surface area contributed by atoms with Crippen LogP contribution in [0.3, 0.4) is 0 Å². The molecule has 0 fully saturated rings. The van der Waals surface area contributed by atoms with Crippen molar-refractivity contribution in [2.24, 2.45) is 0 Å². The average molecular weight is 275 g/mol. The molecule has 2 rings (SSSR count). The molecule has 1 unspecified atom stereocenters. The van der Waals surface area contributed by atoms with Crippen LogP contribution in [0.25, 0.3) is 11.1 Å². The van der Waals surface area contributed by atoms with Gasteiger partial charge in [-0.05, 0) is 40.1 Å². The molecule has 19 heavy (non-hydrogen) atoms. The highest BCUT2D eigenvalue weighted by atomic mass is 32.1. The van der Waals surface area contributed by atoms with Crippen LogP contribution in [0.2, 0.25) is 0 Å². The van der Waals surface area contributed by atoms with Gasteiger partial charge in [-0.25, -0.2) is 0 Å². The second kappa shape index (κ2) is 6.36. The summed E-state index contributed by atoms with van der Waals surface area (Å²) in [6.45, 7) is 0.167. The first-order valence-corrected chi connectivity index (χ1v) is 6.77. The maximum absolute atomic E-state index is 10.4. The Hall–Kier alpha value is -1.85. The highest BCUT2D eigenvalue weighted by Gasteiger charge is 2.13. The molecule has 4 nitrogen and oxygen atoms in total. The lowest BCUT2D eigenvalue weighted by molar-refractivity contribution is -0.139. The number of nitrogens with zero attached hydrogens (tertiary/aromatic N) is 1. The number of ether oxygens (including phenoxy) is 1. The number of hydrogen-bond donors (Lipinski definition) is 1. The van der Waals surface area contributed by atoms with Gasteiger partial charge in [0, 0.05) is 6.42 Å². The van der Waals surface area contributed by atoms with E-state index >= 15 is 0 Å². The van der Waals surface area contributed by atoms with Gasteiger partial charge < -0.3 is 9.84 Å². The van der Waals surface area contributed by atoms with Crippen LogP contribution in [0.4, 0.5) is 0 Å².